The number of hydrogen-bond donors (Lipinski definition) is 1. The molecule has 5 atom stereocenters. The van der Waals surface area contributed by atoms with Crippen LogP contribution in [0.4, 0.5) is 5.69 Å². The summed E-state index contributed by atoms with van der Waals surface area (Å²) in [7, 11) is 0. The van der Waals surface area contributed by atoms with Gasteiger partial charge in [-0.3, -0.25) is 14.4 Å². The van der Waals surface area contributed by atoms with E-state index in [0.717, 1.165) is 37.1 Å². The average Bonchev–Trinajstić information content (AvgIpc) is 3.25. The number of fused-ring (bicyclic) bond motifs is 2. The van der Waals surface area contributed by atoms with Gasteiger partial charge < -0.3 is 24.5 Å². The maximum absolute atomic E-state index is 14.6. The Morgan fingerprint density at radius 1 is 0.929 bits per heavy atom. The van der Waals surface area contributed by atoms with Crippen LogP contribution in [0.5, 0.6) is 5.75 Å². The van der Waals surface area contributed by atoms with Crippen molar-refractivity contribution in [1.82, 2.24) is 9.80 Å². The number of carbonyl (C=O) groups is 3. The predicted molar refractivity (Wildman–Crippen MR) is 164 cm³/mol. The highest BCUT2D eigenvalue weighted by molar-refractivity contribution is 8.02. The van der Waals surface area contributed by atoms with E-state index in [-0.39, 0.29) is 30.4 Å². The first-order valence-corrected chi connectivity index (χ1v) is 16.5. The third-order valence-corrected chi connectivity index (χ3v) is 11.7. The molecule has 4 aliphatic heterocycles. The van der Waals surface area contributed by atoms with Gasteiger partial charge >= 0.3 is 0 Å². The minimum Gasteiger partial charge on any atom is -0.494 e. The number of nitrogens with zero attached hydrogens (tertiary/aromatic N) is 3. The summed E-state index contributed by atoms with van der Waals surface area (Å²) in [5, 5.41) is 9.49. The van der Waals surface area contributed by atoms with Crippen LogP contribution in [-0.4, -0.2) is 87.1 Å². The van der Waals surface area contributed by atoms with Crippen molar-refractivity contribution < 1.29 is 24.2 Å². The van der Waals surface area contributed by atoms with E-state index in [2.05, 4.69) is 25.2 Å². The van der Waals surface area contributed by atoms with Crippen molar-refractivity contribution in [1.29, 1.82) is 0 Å². The van der Waals surface area contributed by atoms with E-state index in [9.17, 15) is 19.5 Å². The van der Waals surface area contributed by atoms with Gasteiger partial charge in [0.1, 0.15) is 11.8 Å². The molecule has 3 fully saturated rings. The molecule has 42 heavy (non-hydrogen) atoms. The number of ether oxygens (including phenoxy) is 1. The first-order chi connectivity index (χ1) is 20.3. The van der Waals surface area contributed by atoms with E-state index in [1.807, 2.05) is 42.2 Å². The van der Waals surface area contributed by atoms with Crippen LogP contribution in [0, 0.1) is 11.8 Å². The van der Waals surface area contributed by atoms with Crippen LogP contribution in [0.2, 0.25) is 0 Å². The highest BCUT2D eigenvalue weighted by Crippen LogP contribution is 2.65. The molecule has 0 aromatic heterocycles. The number of aliphatic hydroxyl groups is 1. The van der Waals surface area contributed by atoms with Gasteiger partial charge in [0.05, 0.1) is 23.2 Å². The van der Waals surface area contributed by atoms with Crippen molar-refractivity contribution >= 4 is 35.2 Å². The summed E-state index contributed by atoms with van der Waals surface area (Å²) in [5.74, 6) is -0.712. The summed E-state index contributed by atoms with van der Waals surface area (Å²) in [5.41, 5.74) is 0.765. The first-order valence-electron chi connectivity index (χ1n) is 15.7. The lowest BCUT2D eigenvalue weighted by Crippen LogP contribution is -2.55. The van der Waals surface area contributed by atoms with E-state index in [1.165, 1.54) is 6.42 Å². The Balaban J connectivity index is 1.39. The molecular formula is C33H43N3O5S. The lowest BCUT2D eigenvalue weighted by Gasteiger charge is -2.40. The summed E-state index contributed by atoms with van der Waals surface area (Å²) in [6, 6.07) is 7.06. The Kier molecular flexibility index (Phi) is 8.17. The average molecular weight is 594 g/mol. The number of anilines is 1. The van der Waals surface area contributed by atoms with Crippen molar-refractivity contribution in [2.75, 3.05) is 37.7 Å². The number of carbonyl (C=O) groups excluding carboxylic acids is 3. The van der Waals surface area contributed by atoms with E-state index in [1.54, 1.807) is 21.6 Å². The standard InChI is InChI=1S/C33H43N3O5S/c1-3-41-25-15-13-24(14-16-25)34-20-9-17-32(2)26(29(34)38)27-30(39)36(19-7-8-22-37)28-31(40)35(23-11-5-4-6-12-23)21-10-18-33(27,28)42-32/h9-10,13-18,23,26-28,37H,3-8,11-12,19-22H2,1-2H3/t26-,27+,28?,32+,33+/m1/s1. The largest absolute Gasteiger partial charge is 0.494 e. The van der Waals surface area contributed by atoms with Crippen LogP contribution < -0.4 is 9.64 Å². The number of rotatable bonds is 8. The number of hydrogen-bond acceptors (Lipinski definition) is 6. The van der Waals surface area contributed by atoms with Gasteiger partial charge in [0.25, 0.3) is 0 Å². The molecule has 1 aliphatic carbocycles. The highest BCUT2D eigenvalue weighted by atomic mass is 32.2. The smallest absolute Gasteiger partial charge is 0.247 e. The van der Waals surface area contributed by atoms with Gasteiger partial charge in [-0.1, -0.05) is 43.6 Å². The Morgan fingerprint density at radius 3 is 2.38 bits per heavy atom. The lowest BCUT2D eigenvalue weighted by atomic mass is 9.74. The third kappa shape index (κ3) is 4.77. The van der Waals surface area contributed by atoms with Crippen molar-refractivity contribution in [2.45, 2.75) is 80.4 Å². The van der Waals surface area contributed by atoms with Gasteiger partial charge in [-0.2, -0.15) is 0 Å². The molecule has 1 unspecified atom stereocenters. The Labute approximate surface area is 253 Å². The second-order valence-corrected chi connectivity index (χ2v) is 14.2. The SMILES string of the molecule is CCOc1ccc(N2CC=C[C@]3(C)S[C@]45C=CCN(C6CCCCC6)C(=O)C4N(CCCCO)C(=O)[C@@H]5[C@@H]3C2=O)cc1. The molecule has 1 aromatic rings. The summed E-state index contributed by atoms with van der Waals surface area (Å²) in [4.78, 5) is 49.2. The summed E-state index contributed by atoms with van der Waals surface area (Å²) < 4.78 is 4.13. The van der Waals surface area contributed by atoms with Crippen molar-refractivity contribution in [3.05, 3.63) is 48.6 Å². The van der Waals surface area contributed by atoms with Crippen LogP contribution in [0.1, 0.15) is 58.8 Å². The zero-order chi connectivity index (χ0) is 29.5. The van der Waals surface area contributed by atoms with Gasteiger partial charge in [0, 0.05) is 42.7 Å². The zero-order valence-corrected chi connectivity index (χ0v) is 25.6. The Bertz CT molecular complexity index is 1260. The molecule has 9 heteroatoms. The second-order valence-electron chi connectivity index (χ2n) is 12.4. The molecule has 8 nitrogen and oxygen atoms in total. The molecule has 6 rings (SSSR count). The predicted octanol–water partition coefficient (Wildman–Crippen LogP) is 4.18. The molecule has 1 saturated carbocycles. The second kappa shape index (κ2) is 11.7. The van der Waals surface area contributed by atoms with E-state index in [0.29, 0.717) is 39.1 Å². The quantitative estimate of drug-likeness (QED) is 0.359. The van der Waals surface area contributed by atoms with Crippen LogP contribution in [0.15, 0.2) is 48.6 Å². The zero-order valence-electron chi connectivity index (χ0n) is 24.7. The lowest BCUT2D eigenvalue weighted by molar-refractivity contribution is -0.144. The molecule has 2 saturated heterocycles. The molecule has 4 heterocycles. The number of unbranched alkanes of at least 4 members (excludes halogenated alkanes) is 1. The Morgan fingerprint density at radius 2 is 1.67 bits per heavy atom. The number of likely N-dealkylation sites (tertiary alicyclic amines) is 1. The minimum absolute atomic E-state index is 0.0131. The van der Waals surface area contributed by atoms with Gasteiger partial charge in [0.2, 0.25) is 17.7 Å². The molecule has 5 aliphatic rings. The van der Waals surface area contributed by atoms with Crippen LogP contribution in [0.3, 0.4) is 0 Å². The van der Waals surface area contributed by atoms with E-state index >= 15 is 0 Å². The van der Waals surface area contributed by atoms with Gasteiger partial charge in [-0.15, -0.1) is 11.8 Å². The van der Waals surface area contributed by atoms with Crippen molar-refractivity contribution in [2.24, 2.45) is 11.8 Å². The van der Waals surface area contributed by atoms with Gasteiger partial charge in [-0.25, -0.2) is 0 Å². The summed E-state index contributed by atoms with van der Waals surface area (Å²) in [6.07, 6.45) is 14.9. The van der Waals surface area contributed by atoms with Crippen LogP contribution in [0.25, 0.3) is 0 Å². The first kappa shape index (κ1) is 29.3. The topological polar surface area (TPSA) is 90.4 Å². The molecule has 1 spiro atoms. The summed E-state index contributed by atoms with van der Waals surface area (Å²) in [6.45, 7) is 5.96. The van der Waals surface area contributed by atoms with Gasteiger partial charge in [0.15, 0.2) is 0 Å². The minimum atomic E-state index is -0.835. The monoisotopic (exact) mass is 593 g/mol. The van der Waals surface area contributed by atoms with Crippen molar-refractivity contribution in [3.8, 4) is 5.75 Å². The third-order valence-electron chi connectivity index (χ3n) is 9.87. The molecule has 3 amide bonds. The highest BCUT2D eigenvalue weighted by Gasteiger charge is 2.74. The molecule has 0 bridgehead atoms. The number of benzene rings is 1. The van der Waals surface area contributed by atoms with Gasteiger partial charge in [-0.05, 0) is 63.8 Å². The number of amides is 3. The number of thioether (sulfide) groups is 1. The summed E-state index contributed by atoms with van der Waals surface area (Å²) >= 11 is 1.63. The molecule has 0 radical (unpaired) electrons. The number of aliphatic hydroxyl groups excluding tert-OH is 1. The van der Waals surface area contributed by atoms with E-state index < -0.39 is 27.4 Å². The molecule has 1 N–H and O–H groups in total. The fraction of sp³-hybridized carbons (Fsp3) is 0.606. The maximum atomic E-state index is 14.6. The van der Waals surface area contributed by atoms with Crippen molar-refractivity contribution in [3.63, 3.8) is 0 Å². The van der Waals surface area contributed by atoms with Crippen LogP contribution >= 0.6 is 11.8 Å². The molecule has 226 valence electrons. The molecular weight excluding hydrogens is 550 g/mol. The normalized spacial score (nSPS) is 33.0. The van der Waals surface area contributed by atoms with Crippen LogP contribution in [-0.2, 0) is 14.4 Å². The van der Waals surface area contributed by atoms with E-state index in [4.69, 9.17) is 4.74 Å². The molecule has 1 aromatic carbocycles. The fourth-order valence-corrected chi connectivity index (χ4v) is 10.2. The fourth-order valence-electron chi connectivity index (χ4n) is 8.01. The maximum Gasteiger partial charge on any atom is 0.247 e. The Hall–Kier alpha value is -2.78.